The van der Waals surface area contributed by atoms with E-state index in [2.05, 4.69) is 0 Å². The van der Waals surface area contributed by atoms with Crippen molar-refractivity contribution >= 4 is 16.9 Å². The summed E-state index contributed by atoms with van der Waals surface area (Å²) in [6.45, 7) is 1.82. The van der Waals surface area contributed by atoms with Crippen LogP contribution in [0.1, 0.15) is 6.92 Å². The Hall–Kier alpha value is -3.28. The van der Waals surface area contributed by atoms with Crippen molar-refractivity contribution in [3.8, 4) is 22.6 Å². The number of hydrogen-bond donors (Lipinski definition) is 0. The molecule has 0 atom stereocenters. The van der Waals surface area contributed by atoms with Gasteiger partial charge >= 0.3 is 5.97 Å². The highest BCUT2D eigenvalue weighted by atomic mass is 16.6. The van der Waals surface area contributed by atoms with Gasteiger partial charge in [-0.1, -0.05) is 12.1 Å². The molecule has 26 heavy (non-hydrogen) atoms. The van der Waals surface area contributed by atoms with Gasteiger partial charge in [-0.15, -0.1) is 0 Å². The first-order valence-corrected chi connectivity index (χ1v) is 8.10. The second-order valence-corrected chi connectivity index (χ2v) is 5.46. The molecule has 0 spiro atoms. The van der Waals surface area contributed by atoms with Gasteiger partial charge in [-0.3, -0.25) is 4.79 Å². The summed E-state index contributed by atoms with van der Waals surface area (Å²) in [7, 11) is 1.58. The van der Waals surface area contributed by atoms with Crippen LogP contribution in [0.15, 0.2) is 57.9 Å². The van der Waals surface area contributed by atoms with Crippen molar-refractivity contribution in [2.75, 3.05) is 20.3 Å². The van der Waals surface area contributed by atoms with E-state index in [9.17, 15) is 9.59 Å². The van der Waals surface area contributed by atoms with Crippen LogP contribution in [0.3, 0.4) is 0 Å². The maximum absolute atomic E-state index is 12.7. The van der Waals surface area contributed by atoms with E-state index in [-0.39, 0.29) is 12.0 Å². The van der Waals surface area contributed by atoms with Crippen molar-refractivity contribution in [3.05, 3.63) is 59.0 Å². The summed E-state index contributed by atoms with van der Waals surface area (Å²) in [5.41, 5.74) is 1.44. The minimum Gasteiger partial charge on any atom is -0.497 e. The Bertz CT molecular complexity index is 972. The molecule has 0 unspecified atom stereocenters. The van der Waals surface area contributed by atoms with Crippen LogP contribution in [0, 0.1) is 0 Å². The molecule has 1 aromatic heterocycles. The van der Waals surface area contributed by atoms with E-state index < -0.39 is 5.97 Å². The third kappa shape index (κ3) is 3.69. The van der Waals surface area contributed by atoms with Gasteiger partial charge in [0.15, 0.2) is 12.0 Å². The van der Waals surface area contributed by atoms with E-state index in [1.165, 1.54) is 6.26 Å². The number of fused-ring (bicyclic) bond motifs is 1. The summed E-state index contributed by atoms with van der Waals surface area (Å²) >= 11 is 0. The van der Waals surface area contributed by atoms with Crippen molar-refractivity contribution in [2.45, 2.75) is 6.92 Å². The SMILES string of the molecule is CCOC(=O)COc1ccc2c(=O)c(-c3ccc(OC)cc3)coc2c1. The highest BCUT2D eigenvalue weighted by molar-refractivity contribution is 5.82. The van der Waals surface area contributed by atoms with Gasteiger partial charge in [-0.25, -0.2) is 4.79 Å². The van der Waals surface area contributed by atoms with Gasteiger partial charge in [0.1, 0.15) is 23.3 Å². The smallest absolute Gasteiger partial charge is 0.344 e. The maximum atomic E-state index is 12.7. The maximum Gasteiger partial charge on any atom is 0.344 e. The molecule has 0 saturated carbocycles. The van der Waals surface area contributed by atoms with Crippen molar-refractivity contribution in [1.29, 1.82) is 0 Å². The standard InChI is InChI=1S/C20H18O6/c1-3-24-19(21)12-25-15-8-9-16-18(10-15)26-11-17(20(16)22)13-4-6-14(23-2)7-5-13/h4-11H,3,12H2,1-2H3. The molecule has 3 aromatic rings. The summed E-state index contributed by atoms with van der Waals surface area (Å²) < 4.78 is 20.9. The zero-order chi connectivity index (χ0) is 18.5. The number of methoxy groups -OCH3 is 1. The second kappa shape index (κ2) is 7.74. The van der Waals surface area contributed by atoms with Gasteiger partial charge in [0.25, 0.3) is 0 Å². The molecule has 6 nitrogen and oxygen atoms in total. The molecule has 6 heteroatoms. The van der Waals surface area contributed by atoms with Crippen molar-refractivity contribution in [3.63, 3.8) is 0 Å². The number of hydrogen-bond acceptors (Lipinski definition) is 6. The lowest BCUT2D eigenvalue weighted by Gasteiger charge is -2.07. The zero-order valence-corrected chi connectivity index (χ0v) is 14.5. The predicted molar refractivity (Wildman–Crippen MR) is 96.6 cm³/mol. The number of rotatable bonds is 6. The molecule has 134 valence electrons. The molecule has 0 radical (unpaired) electrons. The summed E-state index contributed by atoms with van der Waals surface area (Å²) in [5.74, 6) is 0.678. The molecule has 0 N–H and O–H groups in total. The molecule has 0 amide bonds. The van der Waals surface area contributed by atoms with E-state index in [4.69, 9.17) is 18.6 Å². The van der Waals surface area contributed by atoms with E-state index in [0.717, 1.165) is 5.56 Å². The minimum atomic E-state index is -0.455. The molecule has 0 aliphatic rings. The second-order valence-electron chi connectivity index (χ2n) is 5.46. The van der Waals surface area contributed by atoms with Crippen LogP contribution in [-0.2, 0) is 9.53 Å². The Morgan fingerprint density at radius 2 is 1.81 bits per heavy atom. The van der Waals surface area contributed by atoms with Crippen LogP contribution >= 0.6 is 0 Å². The Morgan fingerprint density at radius 1 is 1.08 bits per heavy atom. The number of carbonyl (C=O) groups excluding carboxylic acids is 1. The molecule has 0 bridgehead atoms. The van der Waals surface area contributed by atoms with Crippen molar-refractivity contribution in [2.24, 2.45) is 0 Å². The Labute approximate surface area is 149 Å². The third-order valence-corrected chi connectivity index (χ3v) is 3.81. The van der Waals surface area contributed by atoms with Crippen molar-refractivity contribution < 1.29 is 23.4 Å². The fraction of sp³-hybridized carbons (Fsp3) is 0.200. The number of esters is 1. The van der Waals surface area contributed by atoms with Gasteiger partial charge in [-0.2, -0.15) is 0 Å². The third-order valence-electron chi connectivity index (χ3n) is 3.81. The van der Waals surface area contributed by atoms with Gasteiger partial charge in [0, 0.05) is 6.07 Å². The lowest BCUT2D eigenvalue weighted by molar-refractivity contribution is -0.145. The fourth-order valence-electron chi connectivity index (χ4n) is 2.51. The van der Waals surface area contributed by atoms with Gasteiger partial charge < -0.3 is 18.6 Å². The van der Waals surface area contributed by atoms with E-state index in [1.54, 1.807) is 56.5 Å². The van der Waals surface area contributed by atoms with Gasteiger partial charge in [-0.05, 0) is 36.8 Å². The van der Waals surface area contributed by atoms with Crippen LogP contribution in [0.5, 0.6) is 11.5 Å². The van der Waals surface area contributed by atoms with E-state index >= 15 is 0 Å². The molecule has 0 saturated heterocycles. The molecule has 0 fully saturated rings. The summed E-state index contributed by atoms with van der Waals surface area (Å²) in [5, 5.41) is 0.432. The highest BCUT2D eigenvalue weighted by Gasteiger charge is 2.11. The Morgan fingerprint density at radius 3 is 2.50 bits per heavy atom. The van der Waals surface area contributed by atoms with Crippen LogP contribution in [0.25, 0.3) is 22.1 Å². The lowest BCUT2D eigenvalue weighted by Crippen LogP contribution is -2.14. The van der Waals surface area contributed by atoms with Crippen LogP contribution in [-0.4, -0.2) is 26.3 Å². The first-order valence-electron chi connectivity index (χ1n) is 8.10. The average molecular weight is 354 g/mol. The highest BCUT2D eigenvalue weighted by Crippen LogP contribution is 2.24. The van der Waals surface area contributed by atoms with Crippen LogP contribution in [0.2, 0.25) is 0 Å². The monoisotopic (exact) mass is 354 g/mol. The Kier molecular flexibility index (Phi) is 5.22. The normalized spacial score (nSPS) is 10.5. The largest absolute Gasteiger partial charge is 0.497 e. The van der Waals surface area contributed by atoms with Crippen LogP contribution in [0.4, 0.5) is 0 Å². The lowest BCUT2D eigenvalue weighted by atomic mass is 10.1. The predicted octanol–water partition coefficient (Wildman–Crippen LogP) is 3.41. The molecule has 2 aromatic carbocycles. The van der Waals surface area contributed by atoms with Gasteiger partial charge in [0.05, 0.1) is 24.7 Å². The zero-order valence-electron chi connectivity index (χ0n) is 14.5. The van der Waals surface area contributed by atoms with Crippen LogP contribution < -0.4 is 14.9 Å². The summed E-state index contributed by atoms with van der Waals surface area (Å²) in [6.07, 6.45) is 1.42. The van der Waals surface area contributed by atoms with E-state index in [0.29, 0.717) is 34.6 Å². The average Bonchev–Trinajstić information content (AvgIpc) is 2.67. The number of benzene rings is 2. The fourth-order valence-corrected chi connectivity index (χ4v) is 2.51. The Balaban J connectivity index is 1.88. The molecule has 0 aliphatic carbocycles. The first kappa shape index (κ1) is 17.5. The van der Waals surface area contributed by atoms with Crippen molar-refractivity contribution in [1.82, 2.24) is 0 Å². The van der Waals surface area contributed by atoms with E-state index in [1.807, 2.05) is 0 Å². The molecular weight excluding hydrogens is 336 g/mol. The number of ether oxygens (including phenoxy) is 3. The molecule has 3 rings (SSSR count). The summed E-state index contributed by atoms with van der Waals surface area (Å²) in [4.78, 5) is 24.1. The summed E-state index contributed by atoms with van der Waals surface area (Å²) in [6, 6.07) is 12.0. The quantitative estimate of drug-likeness (QED) is 0.632. The minimum absolute atomic E-state index is 0.145. The van der Waals surface area contributed by atoms with Gasteiger partial charge in [0.2, 0.25) is 0 Å². The number of carbonyl (C=O) groups is 1. The molecular formula is C20H18O6. The molecule has 1 heterocycles. The topological polar surface area (TPSA) is 75.0 Å². The molecule has 0 aliphatic heterocycles. The first-order chi connectivity index (χ1) is 12.6.